The van der Waals surface area contributed by atoms with E-state index in [0.717, 1.165) is 28.5 Å². The predicted molar refractivity (Wildman–Crippen MR) is 134 cm³/mol. The van der Waals surface area contributed by atoms with Crippen LogP contribution in [0.5, 0.6) is 17.2 Å². The average molecular weight is 511 g/mol. The number of methoxy groups -OCH3 is 1. The van der Waals surface area contributed by atoms with Gasteiger partial charge in [-0.3, -0.25) is 9.89 Å². The Kier molecular flexibility index (Phi) is 6.44. The normalized spacial score (nSPS) is 12.2. The molecule has 5 rings (SSSR count). The Morgan fingerprint density at radius 1 is 1.17 bits per heavy atom. The maximum Gasteiger partial charge on any atom is 0.231 e. The molecule has 0 unspecified atom stereocenters. The summed E-state index contributed by atoms with van der Waals surface area (Å²) in [5, 5.41) is 8.19. The first-order valence-electron chi connectivity index (χ1n) is 10.9. The fraction of sp³-hybridized carbons (Fsp3) is 0.240. The Labute approximate surface area is 211 Å². The maximum absolute atomic E-state index is 13.1. The number of ketones is 1. The number of Topliss-reactive ketones (excluding diaryl/α,β-unsaturated/α-hetero) is 1. The highest BCUT2D eigenvalue weighted by molar-refractivity contribution is 7.99. The Bertz CT molecular complexity index is 1410. The largest absolute Gasteiger partial charge is 0.496 e. The molecular formula is C25H23ClN4O4S. The highest BCUT2D eigenvalue weighted by atomic mass is 35.5. The van der Waals surface area contributed by atoms with Crippen LogP contribution in [0.2, 0.25) is 5.02 Å². The zero-order valence-corrected chi connectivity index (χ0v) is 21.0. The number of benzene rings is 2. The third kappa shape index (κ3) is 4.74. The lowest BCUT2D eigenvalue weighted by atomic mass is 10.1. The lowest BCUT2D eigenvalue weighted by Crippen LogP contribution is -2.07. The van der Waals surface area contributed by atoms with Crippen LogP contribution < -0.4 is 14.2 Å². The van der Waals surface area contributed by atoms with Gasteiger partial charge in [0.2, 0.25) is 11.9 Å². The molecule has 0 radical (unpaired) electrons. The summed E-state index contributed by atoms with van der Waals surface area (Å²) in [4.78, 5) is 17.6. The SMILES string of the molecule is COc1ccc(Cl)cc1-c1nc(SCC(=O)c2cc(C)n(Cc3ccc4c(c3)OCO4)c2C)n[nH]1. The van der Waals surface area contributed by atoms with Crippen LogP contribution in [0.4, 0.5) is 0 Å². The molecule has 0 fully saturated rings. The number of ether oxygens (including phenoxy) is 3. The van der Waals surface area contributed by atoms with Crippen molar-refractivity contribution < 1.29 is 19.0 Å². The number of H-pyrrole nitrogens is 1. The topological polar surface area (TPSA) is 91.3 Å². The van der Waals surface area contributed by atoms with Crippen molar-refractivity contribution in [3.8, 4) is 28.6 Å². The Hall–Kier alpha value is -3.43. The second-order valence-corrected chi connectivity index (χ2v) is 9.46. The summed E-state index contributed by atoms with van der Waals surface area (Å²) in [7, 11) is 1.58. The van der Waals surface area contributed by atoms with Crippen molar-refractivity contribution in [2.45, 2.75) is 25.5 Å². The van der Waals surface area contributed by atoms with Crippen LogP contribution in [-0.2, 0) is 6.54 Å². The van der Waals surface area contributed by atoms with Crippen molar-refractivity contribution in [3.63, 3.8) is 0 Å². The number of fused-ring (bicyclic) bond motifs is 1. The smallest absolute Gasteiger partial charge is 0.231 e. The van der Waals surface area contributed by atoms with Crippen LogP contribution in [0.3, 0.4) is 0 Å². The fourth-order valence-corrected chi connectivity index (χ4v) is 4.91. The van der Waals surface area contributed by atoms with Gasteiger partial charge in [-0.25, -0.2) is 4.98 Å². The third-order valence-electron chi connectivity index (χ3n) is 5.87. The van der Waals surface area contributed by atoms with Crippen molar-refractivity contribution in [3.05, 3.63) is 70.0 Å². The van der Waals surface area contributed by atoms with Gasteiger partial charge in [-0.1, -0.05) is 29.4 Å². The zero-order valence-electron chi connectivity index (χ0n) is 19.4. The van der Waals surface area contributed by atoms with Crippen molar-refractivity contribution in [2.24, 2.45) is 0 Å². The van der Waals surface area contributed by atoms with E-state index < -0.39 is 0 Å². The van der Waals surface area contributed by atoms with E-state index in [4.69, 9.17) is 25.8 Å². The van der Waals surface area contributed by atoms with Crippen molar-refractivity contribution in [2.75, 3.05) is 19.7 Å². The molecule has 0 atom stereocenters. The number of aromatic amines is 1. The first-order valence-corrected chi connectivity index (χ1v) is 12.3. The molecule has 1 aliphatic heterocycles. The molecule has 2 aromatic carbocycles. The number of halogens is 1. The van der Waals surface area contributed by atoms with Crippen LogP contribution in [0.15, 0.2) is 47.6 Å². The first kappa shape index (κ1) is 23.3. The van der Waals surface area contributed by atoms with Crippen LogP contribution in [0, 0.1) is 13.8 Å². The van der Waals surface area contributed by atoms with Gasteiger partial charge in [0.15, 0.2) is 23.1 Å². The molecule has 1 N–H and O–H groups in total. The number of carbonyl (C=O) groups excluding carboxylic acids is 1. The molecule has 180 valence electrons. The molecule has 0 bridgehead atoms. The molecule has 3 heterocycles. The number of hydrogen-bond acceptors (Lipinski definition) is 7. The van der Waals surface area contributed by atoms with Crippen LogP contribution >= 0.6 is 23.4 Å². The summed E-state index contributed by atoms with van der Waals surface area (Å²) in [5.74, 6) is 2.91. The number of hydrogen-bond donors (Lipinski definition) is 1. The molecular weight excluding hydrogens is 488 g/mol. The second-order valence-electron chi connectivity index (χ2n) is 8.08. The maximum atomic E-state index is 13.1. The number of aryl methyl sites for hydroxylation is 1. The predicted octanol–water partition coefficient (Wildman–Crippen LogP) is 5.30. The first-order chi connectivity index (χ1) is 16.9. The number of rotatable bonds is 8. The highest BCUT2D eigenvalue weighted by Gasteiger charge is 2.19. The van der Waals surface area contributed by atoms with Gasteiger partial charge in [0.25, 0.3) is 0 Å². The lowest BCUT2D eigenvalue weighted by molar-refractivity contribution is 0.102. The molecule has 35 heavy (non-hydrogen) atoms. The van der Waals surface area contributed by atoms with Gasteiger partial charge in [-0.05, 0) is 55.8 Å². The van der Waals surface area contributed by atoms with E-state index in [1.807, 2.05) is 38.1 Å². The molecule has 0 aliphatic carbocycles. The summed E-state index contributed by atoms with van der Waals surface area (Å²) in [6.45, 7) is 4.86. The van der Waals surface area contributed by atoms with Gasteiger partial charge in [0.1, 0.15) is 5.75 Å². The molecule has 0 amide bonds. The van der Waals surface area contributed by atoms with E-state index in [2.05, 4.69) is 19.7 Å². The van der Waals surface area contributed by atoms with E-state index in [9.17, 15) is 4.79 Å². The third-order valence-corrected chi connectivity index (χ3v) is 6.95. The lowest BCUT2D eigenvalue weighted by Gasteiger charge is -2.10. The van der Waals surface area contributed by atoms with E-state index in [0.29, 0.717) is 39.4 Å². The van der Waals surface area contributed by atoms with Gasteiger partial charge >= 0.3 is 0 Å². The van der Waals surface area contributed by atoms with Crippen molar-refractivity contribution in [1.82, 2.24) is 19.7 Å². The number of aromatic nitrogens is 4. The number of nitrogens with zero attached hydrogens (tertiary/aromatic N) is 3. The number of nitrogens with one attached hydrogen (secondary N) is 1. The van der Waals surface area contributed by atoms with E-state index in [-0.39, 0.29) is 18.3 Å². The average Bonchev–Trinajstić information content (AvgIpc) is 3.58. The van der Waals surface area contributed by atoms with Gasteiger partial charge in [0.05, 0.1) is 18.4 Å². The Morgan fingerprint density at radius 3 is 2.83 bits per heavy atom. The van der Waals surface area contributed by atoms with Gasteiger partial charge in [-0.2, -0.15) is 0 Å². The molecule has 8 nitrogen and oxygen atoms in total. The summed E-state index contributed by atoms with van der Waals surface area (Å²) < 4.78 is 18.4. The van der Waals surface area contributed by atoms with E-state index >= 15 is 0 Å². The quantitative estimate of drug-likeness (QED) is 0.254. The van der Waals surface area contributed by atoms with Gasteiger partial charge < -0.3 is 18.8 Å². The Morgan fingerprint density at radius 2 is 2.00 bits per heavy atom. The molecule has 0 saturated heterocycles. The highest BCUT2D eigenvalue weighted by Crippen LogP contribution is 2.34. The molecule has 0 spiro atoms. The van der Waals surface area contributed by atoms with Gasteiger partial charge in [-0.15, -0.1) is 5.10 Å². The minimum atomic E-state index is 0.0201. The fourth-order valence-electron chi connectivity index (χ4n) is 4.05. The van der Waals surface area contributed by atoms with E-state index in [1.54, 1.807) is 25.3 Å². The minimum Gasteiger partial charge on any atom is -0.496 e. The number of carbonyl (C=O) groups is 1. The molecule has 10 heteroatoms. The summed E-state index contributed by atoms with van der Waals surface area (Å²) >= 11 is 7.41. The van der Waals surface area contributed by atoms with Gasteiger partial charge in [0, 0.05) is 28.5 Å². The monoisotopic (exact) mass is 510 g/mol. The molecule has 4 aromatic rings. The summed E-state index contributed by atoms with van der Waals surface area (Å²) in [6.07, 6.45) is 0. The second kappa shape index (κ2) is 9.67. The van der Waals surface area contributed by atoms with Crippen molar-refractivity contribution in [1.29, 1.82) is 0 Å². The summed E-state index contributed by atoms with van der Waals surface area (Å²) in [5.41, 5.74) is 4.42. The Balaban J connectivity index is 1.28. The van der Waals surface area contributed by atoms with Crippen molar-refractivity contribution >= 4 is 29.1 Å². The van der Waals surface area contributed by atoms with Crippen LogP contribution in [-0.4, -0.2) is 45.2 Å². The molecule has 0 saturated carbocycles. The van der Waals surface area contributed by atoms with Crippen LogP contribution in [0.25, 0.3) is 11.4 Å². The molecule has 1 aliphatic rings. The van der Waals surface area contributed by atoms with Crippen LogP contribution in [0.1, 0.15) is 27.3 Å². The zero-order chi connectivity index (χ0) is 24.5. The summed E-state index contributed by atoms with van der Waals surface area (Å²) in [6, 6.07) is 13.1. The number of thioether (sulfide) groups is 1. The van der Waals surface area contributed by atoms with E-state index in [1.165, 1.54) is 11.8 Å². The molecule has 2 aromatic heterocycles. The minimum absolute atomic E-state index is 0.0201. The standard InChI is InChI=1S/C25H23ClN4O4S/c1-14-8-18(15(2)30(14)11-16-4-6-22-23(9-16)34-13-33-22)20(31)12-35-25-27-24(28-29-25)19-10-17(26)5-7-21(19)32-3/h4-10H,11-13H2,1-3H3,(H,27,28,29).